The molecule has 0 spiro atoms. The van der Waals surface area contributed by atoms with Gasteiger partial charge in [0.1, 0.15) is 36.3 Å². The van der Waals surface area contributed by atoms with Crippen LogP contribution >= 0.6 is 0 Å². The molecule has 0 saturated carbocycles. The van der Waals surface area contributed by atoms with Crippen molar-refractivity contribution in [3.8, 4) is 17.1 Å². The molecule has 0 saturated heterocycles. The van der Waals surface area contributed by atoms with Crippen molar-refractivity contribution < 1.29 is 36.0 Å². The second-order valence-electron chi connectivity index (χ2n) is 11.5. The fraction of sp³-hybridized carbons (Fsp3) is 0.382. The monoisotopic (exact) mass is 628 g/mol. The van der Waals surface area contributed by atoms with Crippen LogP contribution in [0.25, 0.3) is 17.4 Å². The number of benzene rings is 2. The summed E-state index contributed by atoms with van der Waals surface area (Å²) in [5.41, 5.74) is 3.20. The summed E-state index contributed by atoms with van der Waals surface area (Å²) in [6.45, 7) is 18.3. The van der Waals surface area contributed by atoms with E-state index >= 15 is 0 Å². The van der Waals surface area contributed by atoms with Gasteiger partial charge in [-0.1, -0.05) is 45.1 Å². The molecule has 6 nitrogen and oxygen atoms in total. The highest BCUT2D eigenvalue weighted by atomic mass is 19.5. The molecule has 1 atom stereocenters. The van der Waals surface area contributed by atoms with E-state index in [1.165, 1.54) is 0 Å². The van der Waals surface area contributed by atoms with Crippen LogP contribution in [0.3, 0.4) is 0 Å². The van der Waals surface area contributed by atoms with Crippen molar-refractivity contribution >= 4 is 30.8 Å². The lowest BCUT2D eigenvalue weighted by molar-refractivity contribution is -0.136. The lowest BCUT2D eigenvalue weighted by atomic mass is 9.90. The third-order valence-electron chi connectivity index (χ3n) is 7.45. The minimum atomic E-state index is -6.00. The Bertz CT molecular complexity index is 1600. The maximum absolute atomic E-state index is 13.2. The fourth-order valence-corrected chi connectivity index (χ4v) is 5.03. The molecule has 0 aromatic heterocycles. The Morgan fingerprint density at radius 3 is 2.09 bits per heavy atom. The van der Waals surface area contributed by atoms with Gasteiger partial charge in [-0.05, 0) is 57.5 Å². The van der Waals surface area contributed by atoms with E-state index in [1.54, 1.807) is 24.3 Å². The third kappa shape index (κ3) is 9.18. The lowest BCUT2D eigenvalue weighted by Crippen LogP contribution is -2.32. The first-order valence-corrected chi connectivity index (χ1v) is 15.1. The largest absolute Gasteiger partial charge is 0.673 e. The van der Waals surface area contributed by atoms with Crippen LogP contribution in [0.4, 0.5) is 23.0 Å². The summed E-state index contributed by atoms with van der Waals surface area (Å²) in [5.74, 6) is 0.268. The van der Waals surface area contributed by atoms with Crippen molar-refractivity contribution in [1.82, 2.24) is 4.58 Å². The van der Waals surface area contributed by atoms with Gasteiger partial charge in [-0.25, -0.2) is 4.58 Å². The number of hydrogen-bond acceptors (Lipinski definition) is 5. The number of allylic oxidation sites excluding steroid dienone is 2. The highest BCUT2D eigenvalue weighted by Crippen LogP contribution is 2.34. The Balaban J connectivity index is 0.00000102. The van der Waals surface area contributed by atoms with Crippen molar-refractivity contribution in [3.05, 3.63) is 82.9 Å². The molecule has 3 aliphatic rings. The van der Waals surface area contributed by atoms with Crippen molar-refractivity contribution in [3.63, 3.8) is 0 Å². The summed E-state index contributed by atoms with van der Waals surface area (Å²) >= 11 is 0. The maximum atomic E-state index is 13.2. The normalized spacial score (nSPS) is 15.2. The average Bonchev–Trinajstić information content (AvgIpc) is 2.96. The van der Waals surface area contributed by atoms with Crippen molar-refractivity contribution in [2.24, 2.45) is 5.92 Å². The summed E-state index contributed by atoms with van der Waals surface area (Å²) in [7, 11) is -6.00. The number of ether oxygens (including phenoxy) is 1. The van der Waals surface area contributed by atoms with E-state index in [2.05, 4.69) is 82.2 Å². The number of rotatable bonds is 8. The topological polar surface area (TPSA) is 62.8 Å². The zero-order chi connectivity index (χ0) is 33.5. The number of halogens is 4. The number of ketones is 1. The zero-order valence-electron chi connectivity index (χ0n) is 26.9. The fourth-order valence-electron chi connectivity index (χ4n) is 5.03. The van der Waals surface area contributed by atoms with Crippen LogP contribution in [0, 0.1) is 5.92 Å². The van der Waals surface area contributed by atoms with Crippen molar-refractivity contribution in [2.45, 2.75) is 53.9 Å². The average molecular weight is 629 g/mol. The number of anilines is 1. The molecule has 0 bridgehead atoms. The number of nitrogens with zero attached hydrogens (tertiary/aromatic N) is 2. The van der Waals surface area contributed by atoms with Gasteiger partial charge >= 0.3 is 13.2 Å². The van der Waals surface area contributed by atoms with Crippen LogP contribution in [0.1, 0.15) is 70.1 Å². The highest BCUT2D eigenvalue weighted by Gasteiger charge is 2.35. The van der Waals surface area contributed by atoms with Gasteiger partial charge < -0.3 is 31.3 Å². The molecule has 45 heavy (non-hydrogen) atoms. The quantitative estimate of drug-likeness (QED) is 0.0489. The molecule has 11 heteroatoms. The Labute approximate surface area is 262 Å². The number of esters is 1. The molecule has 0 amide bonds. The molecule has 242 valence electrons. The molecule has 1 unspecified atom stereocenters. The molecule has 0 fully saturated rings. The highest BCUT2D eigenvalue weighted by molar-refractivity contribution is 6.50. The third-order valence-corrected chi connectivity index (χ3v) is 7.45. The van der Waals surface area contributed by atoms with Gasteiger partial charge in [-0.2, -0.15) is 0 Å². The number of fused-ring (bicyclic) bond motifs is 2. The van der Waals surface area contributed by atoms with E-state index in [-0.39, 0.29) is 11.2 Å². The van der Waals surface area contributed by atoms with Crippen molar-refractivity contribution in [2.75, 3.05) is 31.1 Å². The summed E-state index contributed by atoms with van der Waals surface area (Å²) in [5, 5.41) is 1.13. The first kappa shape index (κ1) is 35.3. The standard InChI is InChI=1S/C34H41N2O4.BF4/c1-8-35(9-2)24-16-18-26-23(20-31(34(5,6)7)39-29(26)21-24)14-12-13-15-28-32(37)27-19-17-25(36(10-3)11-4)22-30(27)40-33(28)38;2-1(3,4)5/h12-22,28H,8-11H2,1-7H3;/q+1;-1/b14-12+,15-13+;. The van der Waals surface area contributed by atoms with E-state index in [9.17, 15) is 26.9 Å². The van der Waals surface area contributed by atoms with Crippen LogP contribution in [0.15, 0.2) is 65.1 Å². The Morgan fingerprint density at radius 1 is 0.889 bits per heavy atom. The van der Waals surface area contributed by atoms with E-state index in [0.29, 0.717) is 11.3 Å². The molecule has 0 N–H and O–H groups in total. The van der Waals surface area contributed by atoms with Gasteiger partial charge in [0.25, 0.3) is 0 Å². The van der Waals surface area contributed by atoms with Gasteiger partial charge in [0.15, 0.2) is 5.78 Å². The second kappa shape index (κ2) is 14.8. The molecule has 4 rings (SSSR count). The Kier molecular flexibility index (Phi) is 11.6. The zero-order valence-corrected chi connectivity index (χ0v) is 26.9. The smallest absolute Gasteiger partial charge is 0.460 e. The first-order chi connectivity index (χ1) is 21.1. The first-order valence-electron chi connectivity index (χ1n) is 15.1. The summed E-state index contributed by atoms with van der Waals surface area (Å²) < 4.78 is 53.2. The molecular formula is C34H41BF4N2O4. The van der Waals surface area contributed by atoms with Gasteiger partial charge in [0.05, 0.1) is 11.6 Å². The lowest BCUT2D eigenvalue weighted by Gasteiger charge is -2.25. The van der Waals surface area contributed by atoms with Crippen LogP contribution in [-0.4, -0.2) is 45.2 Å². The van der Waals surface area contributed by atoms with Gasteiger partial charge in [0, 0.05) is 41.9 Å². The van der Waals surface area contributed by atoms with Crippen LogP contribution in [-0.2, 0) is 10.2 Å². The van der Waals surface area contributed by atoms with Crippen molar-refractivity contribution in [1.29, 1.82) is 0 Å². The second-order valence-corrected chi connectivity index (χ2v) is 11.5. The Morgan fingerprint density at radius 2 is 1.51 bits per heavy atom. The summed E-state index contributed by atoms with van der Waals surface area (Å²) in [6.07, 6.45) is 7.21. The van der Waals surface area contributed by atoms with Crippen LogP contribution in [0.2, 0.25) is 0 Å². The number of carbonyl (C=O) groups excluding carboxylic acids is 2. The Hall–Kier alpha value is -4.15. The molecule has 0 radical (unpaired) electrons. The van der Waals surface area contributed by atoms with Crippen LogP contribution < -0.4 is 19.6 Å². The van der Waals surface area contributed by atoms with E-state index < -0.39 is 19.1 Å². The predicted molar refractivity (Wildman–Crippen MR) is 172 cm³/mol. The molecule has 1 aromatic carbocycles. The minimum Gasteiger partial charge on any atom is -0.460 e. The van der Waals surface area contributed by atoms with E-state index in [1.807, 2.05) is 18.2 Å². The number of hydrogen-bond donors (Lipinski definition) is 0. The maximum Gasteiger partial charge on any atom is 0.673 e. The molecule has 1 aromatic rings. The number of Topliss-reactive ketones (excluding diaryl/α,β-unsaturated/α-hetero) is 1. The SMILES string of the molecule is CCN(CC)c1ccc2c(c1)OC(=O)C(/C=C/C=C/c1cc(C(C)(C)C)oc3cc(=[N+](CC)CC)ccc1-3)C2=O.F[B-](F)(F)F. The molecule has 2 heterocycles. The van der Waals surface area contributed by atoms with Crippen LogP contribution in [0.5, 0.6) is 5.75 Å². The van der Waals surface area contributed by atoms with E-state index in [0.717, 1.165) is 59.9 Å². The van der Waals surface area contributed by atoms with E-state index in [4.69, 9.17) is 9.15 Å². The van der Waals surface area contributed by atoms with Gasteiger partial charge in [-0.15, -0.1) is 0 Å². The minimum absolute atomic E-state index is 0.172. The number of carbonyl (C=O) groups is 2. The summed E-state index contributed by atoms with van der Waals surface area (Å²) in [4.78, 5) is 28.1. The molecular weight excluding hydrogens is 587 g/mol. The summed E-state index contributed by atoms with van der Waals surface area (Å²) in [6, 6.07) is 13.8. The predicted octanol–water partition coefficient (Wildman–Crippen LogP) is 7.63. The van der Waals surface area contributed by atoms with Gasteiger partial charge in [0.2, 0.25) is 5.36 Å². The molecule has 1 aliphatic carbocycles. The molecule has 2 aliphatic heterocycles. The van der Waals surface area contributed by atoms with Gasteiger partial charge in [-0.3, -0.25) is 9.59 Å².